The van der Waals surface area contributed by atoms with Crippen LogP contribution in [0.1, 0.15) is 6.92 Å². The molecular weight excluding hydrogens is 194 g/mol. The van der Waals surface area contributed by atoms with E-state index in [0.717, 1.165) is 11.8 Å². The van der Waals surface area contributed by atoms with E-state index >= 15 is 0 Å². The van der Waals surface area contributed by atoms with Gasteiger partial charge < -0.3 is 4.74 Å². The predicted octanol–water partition coefficient (Wildman–Crippen LogP) is -0.445. The molecule has 0 heterocycles. The first kappa shape index (κ1) is 12.1. The highest BCUT2D eigenvalue weighted by Crippen LogP contribution is 2.00. The number of carbonyl (C=O) groups excluding carboxylic acids is 3. The van der Waals surface area contributed by atoms with E-state index in [2.05, 4.69) is 4.74 Å². The maximum atomic E-state index is 10.8. The van der Waals surface area contributed by atoms with Crippen molar-refractivity contribution in [3.8, 4) is 0 Å². The first-order valence-corrected chi connectivity index (χ1v) is 4.49. The largest absolute Gasteiger partial charge is 0.376 e. The van der Waals surface area contributed by atoms with Crippen LogP contribution >= 0.6 is 11.8 Å². The van der Waals surface area contributed by atoms with Crippen molar-refractivity contribution >= 4 is 28.7 Å². The molecule has 0 aromatic rings. The number of ether oxygens (including phenoxy) is 1. The Bertz CT molecular complexity index is 217. The van der Waals surface area contributed by atoms with E-state index in [1.807, 2.05) is 5.32 Å². The van der Waals surface area contributed by atoms with Gasteiger partial charge in [0.05, 0.1) is 5.75 Å². The van der Waals surface area contributed by atoms with E-state index in [-0.39, 0.29) is 17.5 Å². The summed E-state index contributed by atoms with van der Waals surface area (Å²) >= 11 is 0.823. The van der Waals surface area contributed by atoms with Gasteiger partial charge in [0.15, 0.2) is 0 Å². The van der Waals surface area contributed by atoms with E-state index < -0.39 is 11.8 Å². The molecular formula is C7H11NO4S. The average molecular weight is 205 g/mol. The van der Waals surface area contributed by atoms with Gasteiger partial charge >= 0.3 is 0 Å². The number of thioether (sulfide) groups is 1. The summed E-state index contributed by atoms with van der Waals surface area (Å²) in [7, 11) is 1.40. The summed E-state index contributed by atoms with van der Waals surface area (Å²) in [5.41, 5.74) is 0. The number of nitrogens with one attached hydrogen (secondary N) is 1. The quantitative estimate of drug-likeness (QED) is 0.673. The van der Waals surface area contributed by atoms with Gasteiger partial charge in [-0.3, -0.25) is 19.7 Å². The molecule has 0 rings (SSSR count). The van der Waals surface area contributed by atoms with Crippen LogP contribution in [0.15, 0.2) is 0 Å². The van der Waals surface area contributed by atoms with Crippen LogP contribution in [0.25, 0.3) is 0 Å². The SMILES string of the molecule is COCC(=O)SCC(=O)NC(C)=O. The zero-order chi connectivity index (χ0) is 10.3. The predicted molar refractivity (Wildman–Crippen MR) is 48.2 cm³/mol. The van der Waals surface area contributed by atoms with Crippen molar-refractivity contribution in [2.24, 2.45) is 0 Å². The van der Waals surface area contributed by atoms with Gasteiger partial charge in [-0.05, 0) is 0 Å². The number of hydrogen-bond acceptors (Lipinski definition) is 5. The van der Waals surface area contributed by atoms with E-state index in [0.29, 0.717) is 0 Å². The molecule has 13 heavy (non-hydrogen) atoms. The minimum Gasteiger partial charge on any atom is -0.376 e. The second-order valence-electron chi connectivity index (χ2n) is 2.20. The smallest absolute Gasteiger partial charge is 0.237 e. The summed E-state index contributed by atoms with van der Waals surface area (Å²) in [6.07, 6.45) is 0. The molecule has 0 fully saturated rings. The van der Waals surface area contributed by atoms with Gasteiger partial charge in [-0.2, -0.15) is 0 Å². The molecule has 0 bridgehead atoms. The molecule has 74 valence electrons. The van der Waals surface area contributed by atoms with Crippen molar-refractivity contribution in [2.45, 2.75) is 6.92 Å². The monoisotopic (exact) mass is 205 g/mol. The molecule has 6 heteroatoms. The number of imide groups is 1. The third-order valence-corrected chi connectivity index (χ3v) is 1.79. The second-order valence-corrected chi connectivity index (χ2v) is 3.23. The fourth-order valence-corrected chi connectivity index (χ4v) is 1.10. The lowest BCUT2D eigenvalue weighted by Gasteiger charge is -1.99. The van der Waals surface area contributed by atoms with Gasteiger partial charge in [-0.25, -0.2) is 0 Å². The zero-order valence-electron chi connectivity index (χ0n) is 7.46. The molecule has 0 unspecified atom stereocenters. The number of carbonyl (C=O) groups is 3. The summed E-state index contributed by atoms with van der Waals surface area (Å²) in [5, 5.41) is 1.81. The molecule has 0 aliphatic carbocycles. The van der Waals surface area contributed by atoms with Crippen LogP contribution in [0.5, 0.6) is 0 Å². The van der Waals surface area contributed by atoms with Crippen LogP contribution in [0.3, 0.4) is 0 Å². The third kappa shape index (κ3) is 7.48. The van der Waals surface area contributed by atoms with Crippen molar-refractivity contribution in [1.29, 1.82) is 0 Å². The molecule has 5 nitrogen and oxygen atoms in total. The maximum Gasteiger partial charge on any atom is 0.237 e. The van der Waals surface area contributed by atoms with Crippen LogP contribution in [0, 0.1) is 0 Å². The first-order chi connectivity index (χ1) is 6.06. The number of hydrogen-bond donors (Lipinski definition) is 1. The Balaban J connectivity index is 3.58. The van der Waals surface area contributed by atoms with Crippen LogP contribution in [-0.2, 0) is 19.1 Å². The number of methoxy groups -OCH3 is 1. The Kier molecular flexibility index (Phi) is 6.17. The molecule has 0 saturated heterocycles. The normalized spacial score (nSPS) is 9.38. The van der Waals surface area contributed by atoms with Crippen LogP contribution in [-0.4, -0.2) is 36.4 Å². The topological polar surface area (TPSA) is 72.5 Å². The van der Waals surface area contributed by atoms with Crippen molar-refractivity contribution in [1.82, 2.24) is 5.32 Å². The van der Waals surface area contributed by atoms with Crippen molar-refractivity contribution in [2.75, 3.05) is 19.5 Å². The highest BCUT2D eigenvalue weighted by atomic mass is 32.2. The number of amides is 2. The molecule has 0 aromatic heterocycles. The lowest BCUT2D eigenvalue weighted by Crippen LogP contribution is -2.30. The van der Waals surface area contributed by atoms with Crippen LogP contribution < -0.4 is 5.32 Å². The fraction of sp³-hybridized carbons (Fsp3) is 0.571. The van der Waals surface area contributed by atoms with Gasteiger partial charge in [-0.1, -0.05) is 11.8 Å². The third-order valence-electron chi connectivity index (χ3n) is 0.942. The molecule has 1 N–H and O–H groups in total. The summed E-state index contributed by atoms with van der Waals surface area (Å²) in [4.78, 5) is 32.0. The van der Waals surface area contributed by atoms with Gasteiger partial charge in [0.25, 0.3) is 0 Å². The summed E-state index contributed by atoms with van der Waals surface area (Å²) in [5.74, 6) is -0.950. The second kappa shape index (κ2) is 6.62. The summed E-state index contributed by atoms with van der Waals surface area (Å²) in [6, 6.07) is 0. The maximum absolute atomic E-state index is 10.8. The molecule has 0 radical (unpaired) electrons. The van der Waals surface area contributed by atoms with E-state index in [9.17, 15) is 14.4 Å². The minimum atomic E-state index is -0.470. The highest BCUT2D eigenvalue weighted by Gasteiger charge is 2.07. The van der Waals surface area contributed by atoms with Gasteiger partial charge in [-0.15, -0.1) is 0 Å². The summed E-state index contributed by atoms with van der Waals surface area (Å²) in [6.45, 7) is 1.21. The lowest BCUT2D eigenvalue weighted by molar-refractivity contribution is -0.128. The highest BCUT2D eigenvalue weighted by molar-refractivity contribution is 8.14. The van der Waals surface area contributed by atoms with Gasteiger partial charge in [0, 0.05) is 14.0 Å². The van der Waals surface area contributed by atoms with Crippen LogP contribution in [0.4, 0.5) is 0 Å². The Hall–Kier alpha value is -0.880. The molecule has 0 aliphatic heterocycles. The van der Waals surface area contributed by atoms with Gasteiger partial charge in [0.1, 0.15) is 6.61 Å². The average Bonchev–Trinajstić information content (AvgIpc) is 2.00. The fourth-order valence-electron chi connectivity index (χ4n) is 0.538. The van der Waals surface area contributed by atoms with Gasteiger partial charge in [0.2, 0.25) is 16.9 Å². The minimum absolute atomic E-state index is 0.0297. The van der Waals surface area contributed by atoms with Crippen LogP contribution in [0.2, 0.25) is 0 Å². The Morgan fingerprint density at radius 2 is 2.00 bits per heavy atom. The lowest BCUT2D eigenvalue weighted by atomic mass is 10.6. The van der Waals surface area contributed by atoms with E-state index in [4.69, 9.17) is 0 Å². The Morgan fingerprint density at radius 1 is 1.38 bits per heavy atom. The molecule has 0 atom stereocenters. The van der Waals surface area contributed by atoms with Crippen molar-refractivity contribution in [3.05, 3.63) is 0 Å². The van der Waals surface area contributed by atoms with Crippen molar-refractivity contribution < 1.29 is 19.1 Å². The zero-order valence-corrected chi connectivity index (χ0v) is 8.27. The first-order valence-electron chi connectivity index (χ1n) is 3.51. The molecule has 0 aromatic carbocycles. The van der Waals surface area contributed by atoms with Crippen molar-refractivity contribution in [3.63, 3.8) is 0 Å². The van der Waals surface area contributed by atoms with E-state index in [1.165, 1.54) is 14.0 Å². The standard InChI is InChI=1S/C7H11NO4S/c1-5(9)8-6(10)4-13-7(11)3-12-2/h3-4H2,1-2H3,(H,8,9,10). The number of rotatable bonds is 4. The molecule has 0 saturated carbocycles. The Morgan fingerprint density at radius 3 is 2.46 bits per heavy atom. The molecule has 2 amide bonds. The Labute approximate surface area is 80.2 Å². The van der Waals surface area contributed by atoms with E-state index in [1.54, 1.807) is 0 Å². The molecule has 0 aliphatic rings. The summed E-state index contributed by atoms with van der Waals surface area (Å²) < 4.78 is 4.55. The molecule has 0 spiro atoms.